The maximum atomic E-state index is 3.86. The van der Waals surface area contributed by atoms with Crippen LogP contribution in [-0.2, 0) is 0 Å². The van der Waals surface area contributed by atoms with E-state index < -0.39 is 0 Å². The van der Waals surface area contributed by atoms with Gasteiger partial charge < -0.3 is 10.2 Å². The van der Waals surface area contributed by atoms with Crippen molar-refractivity contribution < 1.29 is 0 Å². The third-order valence-electron chi connectivity index (χ3n) is 5.02. The first-order valence-electron chi connectivity index (χ1n) is 7.84. The third kappa shape index (κ3) is 3.23. The number of hydrogen-bond donors (Lipinski definition) is 1. The first-order valence-corrected chi connectivity index (χ1v) is 7.84. The molecule has 0 amide bonds. The highest BCUT2D eigenvalue weighted by molar-refractivity contribution is 4.96. The van der Waals surface area contributed by atoms with Gasteiger partial charge in [0.1, 0.15) is 0 Å². The van der Waals surface area contributed by atoms with E-state index in [-0.39, 0.29) is 0 Å². The van der Waals surface area contributed by atoms with Crippen LogP contribution < -0.4 is 5.32 Å². The molecular formula is C15H28N2. The van der Waals surface area contributed by atoms with Crippen LogP contribution in [0.4, 0.5) is 0 Å². The van der Waals surface area contributed by atoms with Crippen LogP contribution >= 0.6 is 0 Å². The van der Waals surface area contributed by atoms with E-state index in [1.807, 2.05) is 0 Å². The molecule has 2 nitrogen and oxygen atoms in total. The fourth-order valence-electron chi connectivity index (χ4n) is 3.81. The summed E-state index contributed by atoms with van der Waals surface area (Å²) in [5.74, 6) is 1.11. The van der Waals surface area contributed by atoms with Gasteiger partial charge >= 0.3 is 0 Å². The zero-order chi connectivity index (χ0) is 11.6. The number of nitrogens with one attached hydrogen (secondary N) is 1. The zero-order valence-corrected chi connectivity index (χ0v) is 11.2. The van der Waals surface area contributed by atoms with Crippen molar-refractivity contribution in [2.24, 2.45) is 5.92 Å². The molecule has 17 heavy (non-hydrogen) atoms. The molecule has 3 fully saturated rings. The van der Waals surface area contributed by atoms with Crippen LogP contribution in [0.1, 0.15) is 57.8 Å². The Bertz CT molecular complexity index is 241. The molecule has 0 aromatic carbocycles. The van der Waals surface area contributed by atoms with Gasteiger partial charge in [0.05, 0.1) is 0 Å². The predicted octanol–water partition coefficient (Wildman–Crippen LogP) is 2.78. The van der Waals surface area contributed by atoms with Gasteiger partial charge in [-0.2, -0.15) is 0 Å². The Labute approximate surface area is 106 Å². The van der Waals surface area contributed by atoms with Crippen molar-refractivity contribution in [1.29, 1.82) is 0 Å². The van der Waals surface area contributed by atoms with E-state index in [4.69, 9.17) is 0 Å². The standard InChI is InChI=1S/C15H28N2/c1-2-9-15(8-1)13-17(12-4-10-16-15)11-3-5-14-6-7-14/h14,16H,1-13H2. The molecule has 1 aliphatic heterocycles. The van der Waals surface area contributed by atoms with Gasteiger partial charge in [0.25, 0.3) is 0 Å². The molecule has 1 heterocycles. The van der Waals surface area contributed by atoms with Crippen molar-refractivity contribution in [1.82, 2.24) is 10.2 Å². The van der Waals surface area contributed by atoms with Crippen LogP contribution in [0.25, 0.3) is 0 Å². The second-order valence-electron chi connectivity index (χ2n) is 6.63. The summed E-state index contributed by atoms with van der Waals surface area (Å²) in [7, 11) is 0. The lowest BCUT2D eigenvalue weighted by Crippen LogP contribution is -2.49. The Kier molecular flexibility index (Phi) is 3.72. The number of rotatable bonds is 4. The minimum atomic E-state index is 0.510. The molecule has 1 saturated heterocycles. The van der Waals surface area contributed by atoms with Crippen molar-refractivity contribution in [3.8, 4) is 0 Å². The largest absolute Gasteiger partial charge is 0.310 e. The number of hydrogen-bond acceptors (Lipinski definition) is 2. The van der Waals surface area contributed by atoms with Gasteiger partial charge in [0.2, 0.25) is 0 Å². The second-order valence-corrected chi connectivity index (χ2v) is 6.63. The predicted molar refractivity (Wildman–Crippen MR) is 72.2 cm³/mol. The fraction of sp³-hybridized carbons (Fsp3) is 1.00. The molecule has 1 N–H and O–H groups in total. The first kappa shape index (κ1) is 12.0. The smallest absolute Gasteiger partial charge is 0.0308 e. The highest BCUT2D eigenvalue weighted by atomic mass is 15.2. The van der Waals surface area contributed by atoms with E-state index in [0.717, 1.165) is 5.92 Å². The van der Waals surface area contributed by atoms with Crippen LogP contribution in [0.15, 0.2) is 0 Å². The van der Waals surface area contributed by atoms with Gasteiger partial charge in [0.15, 0.2) is 0 Å². The first-order chi connectivity index (χ1) is 8.36. The van der Waals surface area contributed by atoms with E-state index >= 15 is 0 Å². The maximum absolute atomic E-state index is 3.86. The molecule has 2 aliphatic carbocycles. The summed E-state index contributed by atoms with van der Waals surface area (Å²) in [5, 5.41) is 3.86. The van der Waals surface area contributed by atoms with E-state index in [1.54, 1.807) is 0 Å². The molecule has 1 spiro atoms. The molecule has 3 aliphatic rings. The molecule has 3 rings (SSSR count). The molecule has 0 bridgehead atoms. The van der Waals surface area contributed by atoms with Crippen molar-refractivity contribution >= 4 is 0 Å². The van der Waals surface area contributed by atoms with Crippen LogP contribution in [0.3, 0.4) is 0 Å². The lowest BCUT2D eigenvalue weighted by molar-refractivity contribution is 0.206. The molecule has 2 heteroatoms. The van der Waals surface area contributed by atoms with Crippen molar-refractivity contribution in [2.45, 2.75) is 63.3 Å². The van der Waals surface area contributed by atoms with Gasteiger partial charge in [-0.3, -0.25) is 0 Å². The normalized spacial score (nSPS) is 29.6. The zero-order valence-electron chi connectivity index (χ0n) is 11.2. The van der Waals surface area contributed by atoms with Gasteiger partial charge in [0, 0.05) is 12.1 Å². The Morgan fingerprint density at radius 2 is 1.94 bits per heavy atom. The van der Waals surface area contributed by atoms with Crippen molar-refractivity contribution in [3.63, 3.8) is 0 Å². The highest BCUT2D eigenvalue weighted by Crippen LogP contribution is 2.34. The quantitative estimate of drug-likeness (QED) is 0.807. The molecule has 0 radical (unpaired) electrons. The highest BCUT2D eigenvalue weighted by Gasteiger charge is 2.36. The van der Waals surface area contributed by atoms with Gasteiger partial charge in [-0.25, -0.2) is 0 Å². The Morgan fingerprint density at radius 1 is 1.12 bits per heavy atom. The summed E-state index contributed by atoms with van der Waals surface area (Å²) in [6.07, 6.45) is 13.1. The lowest BCUT2D eigenvalue weighted by atomic mass is 9.97. The lowest BCUT2D eigenvalue weighted by Gasteiger charge is -2.33. The van der Waals surface area contributed by atoms with Crippen LogP contribution in [0.5, 0.6) is 0 Å². The molecular weight excluding hydrogens is 208 g/mol. The topological polar surface area (TPSA) is 15.3 Å². The maximum Gasteiger partial charge on any atom is 0.0308 e. The average Bonchev–Trinajstić information content (AvgIpc) is 3.06. The van der Waals surface area contributed by atoms with E-state index in [1.165, 1.54) is 84.0 Å². The summed E-state index contributed by atoms with van der Waals surface area (Å²) in [4.78, 5) is 2.76. The fourth-order valence-corrected chi connectivity index (χ4v) is 3.81. The number of nitrogens with zero attached hydrogens (tertiary/aromatic N) is 1. The summed E-state index contributed by atoms with van der Waals surface area (Å²) < 4.78 is 0. The SMILES string of the molecule is C1CNC2(CCCC2)CN(CCCC2CC2)C1. The van der Waals surface area contributed by atoms with E-state index in [2.05, 4.69) is 10.2 Å². The van der Waals surface area contributed by atoms with Gasteiger partial charge in [-0.05, 0) is 57.7 Å². The van der Waals surface area contributed by atoms with Crippen LogP contribution in [0, 0.1) is 5.92 Å². The molecule has 0 unspecified atom stereocenters. The summed E-state index contributed by atoms with van der Waals surface area (Å²) >= 11 is 0. The molecule has 0 aromatic heterocycles. The minimum absolute atomic E-state index is 0.510. The summed E-state index contributed by atoms with van der Waals surface area (Å²) in [6, 6.07) is 0. The van der Waals surface area contributed by atoms with E-state index in [9.17, 15) is 0 Å². The minimum Gasteiger partial charge on any atom is -0.310 e. The molecule has 98 valence electrons. The van der Waals surface area contributed by atoms with E-state index in [0.29, 0.717) is 5.54 Å². The Morgan fingerprint density at radius 3 is 2.71 bits per heavy atom. The Balaban J connectivity index is 1.48. The monoisotopic (exact) mass is 236 g/mol. The van der Waals surface area contributed by atoms with Crippen LogP contribution in [0.2, 0.25) is 0 Å². The average molecular weight is 236 g/mol. The molecule has 0 aromatic rings. The molecule has 0 atom stereocenters. The van der Waals surface area contributed by atoms with Crippen molar-refractivity contribution in [3.05, 3.63) is 0 Å². The van der Waals surface area contributed by atoms with Gasteiger partial charge in [-0.15, -0.1) is 0 Å². The third-order valence-corrected chi connectivity index (χ3v) is 5.02. The second kappa shape index (κ2) is 5.27. The van der Waals surface area contributed by atoms with Crippen LogP contribution in [-0.4, -0.2) is 36.6 Å². The van der Waals surface area contributed by atoms with Crippen molar-refractivity contribution in [2.75, 3.05) is 26.2 Å². The summed E-state index contributed by atoms with van der Waals surface area (Å²) in [6.45, 7) is 5.27. The Hall–Kier alpha value is -0.0800. The van der Waals surface area contributed by atoms with Gasteiger partial charge in [-0.1, -0.05) is 25.7 Å². The summed E-state index contributed by atoms with van der Waals surface area (Å²) in [5.41, 5.74) is 0.510. The molecule has 2 saturated carbocycles.